The Balaban J connectivity index is 1.52. The van der Waals surface area contributed by atoms with Gasteiger partial charge in [-0.05, 0) is 63.5 Å². The molecule has 0 spiro atoms. The van der Waals surface area contributed by atoms with Crippen molar-refractivity contribution in [1.29, 1.82) is 5.26 Å². The number of hydrogen-bond acceptors (Lipinski definition) is 8. The molecule has 37 heavy (non-hydrogen) atoms. The summed E-state index contributed by atoms with van der Waals surface area (Å²) in [5.41, 5.74) is 7.58. The SMILES string of the molecule is N#Cc1cc(Cl)c(Nc2nc3cnc(N[C@H]4CCC[C@@H](O)C4)nc3n2C2CCC(C(N)=O)CC2)c(Cl)c1. The first-order chi connectivity index (χ1) is 17.8. The highest BCUT2D eigenvalue weighted by Crippen LogP contribution is 2.39. The summed E-state index contributed by atoms with van der Waals surface area (Å²) in [4.78, 5) is 25.8. The highest BCUT2D eigenvalue weighted by Gasteiger charge is 2.30. The van der Waals surface area contributed by atoms with Crippen molar-refractivity contribution in [2.24, 2.45) is 11.7 Å². The van der Waals surface area contributed by atoms with E-state index in [2.05, 4.69) is 15.6 Å². The fourth-order valence-electron chi connectivity index (χ4n) is 5.36. The van der Waals surface area contributed by atoms with E-state index in [1.807, 2.05) is 10.6 Å². The standard InChI is InChI=1S/C25H28Cl2N8O2/c26-18-8-13(11-28)9-19(27)21(18)33-25-32-20-12-30-24(31-15-2-1-3-17(36)10-15)34-23(20)35(25)16-6-4-14(5-7-16)22(29)37/h8-9,12,14-17,36H,1-7,10H2,(H2,29,37)(H,32,33)(H,30,31,34)/t14?,15-,16?,17+/m0/s1. The van der Waals surface area contributed by atoms with Crippen LogP contribution in [0.5, 0.6) is 0 Å². The Morgan fingerprint density at radius 2 is 1.86 bits per heavy atom. The maximum Gasteiger partial charge on any atom is 0.224 e. The smallest absolute Gasteiger partial charge is 0.224 e. The molecule has 2 fully saturated rings. The fraction of sp³-hybridized carbons (Fsp3) is 0.480. The minimum atomic E-state index is -0.321. The Labute approximate surface area is 224 Å². The lowest BCUT2D eigenvalue weighted by Gasteiger charge is -2.29. The van der Waals surface area contributed by atoms with Crippen LogP contribution in [0.2, 0.25) is 10.0 Å². The van der Waals surface area contributed by atoms with Gasteiger partial charge in [0.25, 0.3) is 0 Å². The quantitative estimate of drug-likeness (QED) is 0.349. The van der Waals surface area contributed by atoms with Crippen molar-refractivity contribution in [1.82, 2.24) is 19.5 Å². The molecule has 2 heterocycles. The van der Waals surface area contributed by atoms with Crippen molar-refractivity contribution in [2.45, 2.75) is 69.6 Å². The van der Waals surface area contributed by atoms with E-state index in [1.54, 1.807) is 18.3 Å². The third-order valence-electron chi connectivity index (χ3n) is 7.28. The van der Waals surface area contributed by atoms with E-state index in [1.165, 1.54) is 0 Å². The maximum atomic E-state index is 11.7. The Morgan fingerprint density at radius 3 is 2.51 bits per heavy atom. The molecule has 2 atom stereocenters. The number of benzene rings is 1. The third-order valence-corrected chi connectivity index (χ3v) is 7.88. The molecule has 5 N–H and O–H groups in total. The number of nitrogens with zero attached hydrogens (tertiary/aromatic N) is 5. The molecule has 194 valence electrons. The molecule has 10 nitrogen and oxygen atoms in total. The number of carbonyl (C=O) groups is 1. The van der Waals surface area contributed by atoms with Crippen LogP contribution in [0.25, 0.3) is 11.2 Å². The number of carbonyl (C=O) groups excluding carboxylic acids is 1. The summed E-state index contributed by atoms with van der Waals surface area (Å²) >= 11 is 12.9. The van der Waals surface area contributed by atoms with Gasteiger partial charge in [0.05, 0.1) is 39.7 Å². The van der Waals surface area contributed by atoms with Gasteiger partial charge in [0.2, 0.25) is 17.8 Å². The number of fused-ring (bicyclic) bond motifs is 1. The minimum Gasteiger partial charge on any atom is -0.393 e. The Bertz CT molecular complexity index is 1340. The van der Waals surface area contributed by atoms with Crippen molar-refractivity contribution >= 4 is 57.9 Å². The lowest BCUT2D eigenvalue weighted by molar-refractivity contribution is -0.122. The van der Waals surface area contributed by atoms with Gasteiger partial charge in [0, 0.05) is 18.0 Å². The molecule has 2 saturated carbocycles. The maximum absolute atomic E-state index is 11.7. The lowest BCUT2D eigenvalue weighted by atomic mass is 9.85. The van der Waals surface area contributed by atoms with Crippen LogP contribution in [0.15, 0.2) is 18.3 Å². The number of rotatable bonds is 6. The summed E-state index contributed by atoms with van der Waals surface area (Å²) in [5, 5.41) is 26.5. The number of halogens is 2. The van der Waals surface area contributed by atoms with E-state index in [9.17, 15) is 15.2 Å². The van der Waals surface area contributed by atoms with Gasteiger partial charge in [-0.15, -0.1) is 0 Å². The number of nitriles is 1. The summed E-state index contributed by atoms with van der Waals surface area (Å²) < 4.78 is 2.01. The summed E-state index contributed by atoms with van der Waals surface area (Å²) in [5.74, 6) is 0.548. The van der Waals surface area contributed by atoms with E-state index >= 15 is 0 Å². The summed E-state index contributed by atoms with van der Waals surface area (Å²) in [6.07, 6.45) is 7.51. The van der Waals surface area contributed by atoms with Gasteiger partial charge < -0.3 is 21.5 Å². The normalized spacial score (nSPS) is 23.9. The molecular formula is C25H28Cl2N8O2. The molecule has 0 saturated heterocycles. The average molecular weight is 543 g/mol. The van der Waals surface area contributed by atoms with E-state index in [-0.39, 0.29) is 30.0 Å². The highest BCUT2D eigenvalue weighted by atomic mass is 35.5. The van der Waals surface area contributed by atoms with Crippen molar-refractivity contribution < 1.29 is 9.90 Å². The molecular weight excluding hydrogens is 515 g/mol. The van der Waals surface area contributed by atoms with Gasteiger partial charge in [-0.1, -0.05) is 23.2 Å². The van der Waals surface area contributed by atoms with Gasteiger partial charge >= 0.3 is 0 Å². The van der Waals surface area contributed by atoms with Gasteiger partial charge in [-0.2, -0.15) is 10.2 Å². The molecule has 0 radical (unpaired) electrons. The van der Waals surface area contributed by atoms with Crippen LogP contribution in [0.1, 0.15) is 63.0 Å². The lowest BCUT2D eigenvalue weighted by Crippen LogP contribution is -2.30. The number of aliphatic hydroxyl groups excluding tert-OH is 1. The molecule has 2 aliphatic rings. The van der Waals surface area contributed by atoms with Crippen LogP contribution in [0.4, 0.5) is 17.6 Å². The molecule has 0 bridgehead atoms. The van der Waals surface area contributed by atoms with Gasteiger partial charge in [0.15, 0.2) is 5.65 Å². The van der Waals surface area contributed by atoms with Crippen LogP contribution < -0.4 is 16.4 Å². The number of nitrogens with one attached hydrogen (secondary N) is 2. The predicted octanol–water partition coefficient (Wildman–Crippen LogP) is 4.68. The minimum absolute atomic E-state index is 0.0123. The van der Waals surface area contributed by atoms with E-state index in [4.69, 9.17) is 38.9 Å². The highest BCUT2D eigenvalue weighted by molar-refractivity contribution is 6.39. The zero-order chi connectivity index (χ0) is 26.1. The molecule has 3 aromatic rings. The second kappa shape index (κ2) is 10.7. The van der Waals surface area contributed by atoms with Crippen LogP contribution in [0, 0.1) is 17.2 Å². The number of nitrogens with two attached hydrogens (primary N) is 1. The number of anilines is 3. The topological polar surface area (TPSA) is 155 Å². The molecule has 2 aromatic heterocycles. The van der Waals surface area contributed by atoms with Crippen LogP contribution >= 0.6 is 23.2 Å². The summed E-state index contributed by atoms with van der Waals surface area (Å²) in [6.45, 7) is 0. The Morgan fingerprint density at radius 1 is 1.14 bits per heavy atom. The number of primary amides is 1. The molecule has 0 unspecified atom stereocenters. The second-order valence-electron chi connectivity index (χ2n) is 9.83. The van der Waals surface area contributed by atoms with Crippen LogP contribution in [-0.4, -0.2) is 42.7 Å². The zero-order valence-corrected chi connectivity index (χ0v) is 21.6. The van der Waals surface area contributed by atoms with Crippen LogP contribution in [0.3, 0.4) is 0 Å². The molecule has 1 aromatic carbocycles. The van der Waals surface area contributed by atoms with E-state index < -0.39 is 0 Å². The van der Waals surface area contributed by atoms with Gasteiger partial charge in [-0.25, -0.2) is 9.97 Å². The number of amides is 1. The first kappa shape index (κ1) is 25.5. The predicted molar refractivity (Wildman–Crippen MR) is 142 cm³/mol. The Hall–Kier alpha value is -3.13. The third kappa shape index (κ3) is 5.44. The molecule has 0 aliphatic heterocycles. The van der Waals surface area contributed by atoms with Crippen LogP contribution in [-0.2, 0) is 4.79 Å². The van der Waals surface area contributed by atoms with E-state index in [0.29, 0.717) is 63.6 Å². The first-order valence-corrected chi connectivity index (χ1v) is 13.2. The monoisotopic (exact) mass is 542 g/mol. The number of aromatic nitrogens is 4. The van der Waals surface area contributed by atoms with Crippen molar-refractivity contribution in [2.75, 3.05) is 10.6 Å². The van der Waals surface area contributed by atoms with E-state index in [0.717, 1.165) is 32.1 Å². The van der Waals surface area contributed by atoms with Crippen molar-refractivity contribution in [3.8, 4) is 6.07 Å². The van der Waals surface area contributed by atoms with Gasteiger partial charge in [-0.3, -0.25) is 9.36 Å². The zero-order valence-electron chi connectivity index (χ0n) is 20.1. The Kier molecular flexibility index (Phi) is 7.38. The van der Waals surface area contributed by atoms with Crippen molar-refractivity contribution in [3.63, 3.8) is 0 Å². The van der Waals surface area contributed by atoms with Gasteiger partial charge in [0.1, 0.15) is 5.52 Å². The average Bonchev–Trinajstić information content (AvgIpc) is 3.23. The molecule has 1 amide bonds. The molecule has 5 rings (SSSR count). The first-order valence-electron chi connectivity index (χ1n) is 12.5. The molecule has 2 aliphatic carbocycles. The number of aliphatic hydroxyl groups is 1. The second-order valence-corrected chi connectivity index (χ2v) is 10.6. The largest absolute Gasteiger partial charge is 0.393 e. The summed E-state index contributed by atoms with van der Waals surface area (Å²) in [6, 6.07) is 5.24. The fourth-order valence-corrected chi connectivity index (χ4v) is 5.94. The summed E-state index contributed by atoms with van der Waals surface area (Å²) in [7, 11) is 0. The number of hydrogen-bond donors (Lipinski definition) is 4. The number of imidazole rings is 1. The molecule has 12 heteroatoms. The van der Waals surface area contributed by atoms with Crippen molar-refractivity contribution in [3.05, 3.63) is 33.9 Å².